The van der Waals surface area contributed by atoms with Crippen molar-refractivity contribution in [2.24, 2.45) is 0 Å². The Kier molecular flexibility index (Phi) is 5.96. The molecule has 0 bridgehead atoms. The molecule has 0 unspecified atom stereocenters. The summed E-state index contributed by atoms with van der Waals surface area (Å²) in [6, 6.07) is 18.2. The number of ether oxygens (including phenoxy) is 2. The van der Waals surface area contributed by atoms with E-state index in [4.69, 9.17) is 9.47 Å². The number of hydrogen-bond donors (Lipinski definition) is 1. The molecule has 0 aliphatic heterocycles. The van der Waals surface area contributed by atoms with Crippen molar-refractivity contribution in [2.75, 3.05) is 13.7 Å². The third-order valence-electron chi connectivity index (χ3n) is 3.73. The Labute approximate surface area is 147 Å². The van der Waals surface area contributed by atoms with Crippen LogP contribution < -0.4 is 14.8 Å². The lowest BCUT2D eigenvalue weighted by Gasteiger charge is -2.08. The molecular formula is C20H21N3O2. The molecular weight excluding hydrogens is 314 g/mol. The Balaban J connectivity index is 1.47. The standard InChI is InChI=1S/C20H21N3O2/c1-24-18-8-6-16(7-9-18)10-13-21-15-17-4-2-5-19(14-17)25-20-22-11-3-12-23-20/h2-9,11-12,14,21H,10,13,15H2,1H3. The van der Waals surface area contributed by atoms with E-state index in [-0.39, 0.29) is 0 Å². The molecule has 1 heterocycles. The van der Waals surface area contributed by atoms with E-state index in [9.17, 15) is 0 Å². The van der Waals surface area contributed by atoms with Gasteiger partial charge in [0.25, 0.3) is 0 Å². The number of nitrogens with zero attached hydrogens (tertiary/aromatic N) is 2. The van der Waals surface area contributed by atoms with Crippen molar-refractivity contribution in [2.45, 2.75) is 13.0 Å². The Morgan fingerprint density at radius 1 is 0.880 bits per heavy atom. The van der Waals surface area contributed by atoms with Crippen LogP contribution in [0.5, 0.6) is 17.5 Å². The Morgan fingerprint density at radius 3 is 2.44 bits per heavy atom. The Hall–Kier alpha value is -2.92. The van der Waals surface area contributed by atoms with Gasteiger partial charge in [-0.25, -0.2) is 9.97 Å². The molecule has 0 fully saturated rings. The second-order valence-electron chi connectivity index (χ2n) is 5.56. The topological polar surface area (TPSA) is 56.3 Å². The first-order valence-corrected chi connectivity index (χ1v) is 8.21. The molecule has 0 amide bonds. The average molecular weight is 335 g/mol. The third-order valence-corrected chi connectivity index (χ3v) is 3.73. The molecule has 0 aliphatic carbocycles. The fourth-order valence-corrected chi connectivity index (χ4v) is 2.42. The van der Waals surface area contributed by atoms with Crippen molar-refractivity contribution in [3.05, 3.63) is 78.1 Å². The molecule has 1 N–H and O–H groups in total. The van der Waals surface area contributed by atoms with Crippen LogP contribution in [0, 0.1) is 0 Å². The molecule has 0 radical (unpaired) electrons. The van der Waals surface area contributed by atoms with E-state index in [2.05, 4.69) is 33.5 Å². The van der Waals surface area contributed by atoms with E-state index < -0.39 is 0 Å². The van der Waals surface area contributed by atoms with Crippen LogP contribution in [-0.4, -0.2) is 23.6 Å². The van der Waals surface area contributed by atoms with Gasteiger partial charge in [0.1, 0.15) is 11.5 Å². The molecule has 0 aliphatic rings. The highest BCUT2D eigenvalue weighted by molar-refractivity contribution is 5.30. The lowest BCUT2D eigenvalue weighted by atomic mass is 10.1. The fraction of sp³-hybridized carbons (Fsp3) is 0.200. The molecule has 25 heavy (non-hydrogen) atoms. The first kappa shape index (κ1) is 16.9. The summed E-state index contributed by atoms with van der Waals surface area (Å²) >= 11 is 0. The monoisotopic (exact) mass is 335 g/mol. The minimum absolute atomic E-state index is 0.354. The van der Waals surface area contributed by atoms with Crippen molar-refractivity contribution in [3.8, 4) is 17.5 Å². The summed E-state index contributed by atoms with van der Waals surface area (Å²) in [6.07, 6.45) is 4.29. The van der Waals surface area contributed by atoms with Gasteiger partial charge in [0.05, 0.1) is 7.11 Å². The number of rotatable bonds is 8. The van der Waals surface area contributed by atoms with Crippen molar-refractivity contribution in [1.29, 1.82) is 0 Å². The largest absolute Gasteiger partial charge is 0.497 e. The van der Waals surface area contributed by atoms with Crippen LogP contribution in [0.15, 0.2) is 67.0 Å². The number of benzene rings is 2. The van der Waals surface area contributed by atoms with Crippen LogP contribution in [0.2, 0.25) is 0 Å². The van der Waals surface area contributed by atoms with Gasteiger partial charge in [-0.3, -0.25) is 0 Å². The number of hydrogen-bond acceptors (Lipinski definition) is 5. The molecule has 0 saturated heterocycles. The van der Waals surface area contributed by atoms with Crippen LogP contribution >= 0.6 is 0 Å². The zero-order chi connectivity index (χ0) is 17.3. The van der Waals surface area contributed by atoms with Crippen LogP contribution in [-0.2, 0) is 13.0 Å². The number of nitrogens with one attached hydrogen (secondary N) is 1. The van der Waals surface area contributed by atoms with Crippen LogP contribution in [0.25, 0.3) is 0 Å². The summed E-state index contributed by atoms with van der Waals surface area (Å²) in [5, 5.41) is 3.45. The van der Waals surface area contributed by atoms with Crippen molar-refractivity contribution in [1.82, 2.24) is 15.3 Å². The molecule has 0 spiro atoms. The number of methoxy groups -OCH3 is 1. The van der Waals surface area contributed by atoms with Crippen molar-refractivity contribution >= 4 is 0 Å². The van der Waals surface area contributed by atoms with Crippen LogP contribution in [0.4, 0.5) is 0 Å². The fourth-order valence-electron chi connectivity index (χ4n) is 2.42. The second kappa shape index (κ2) is 8.80. The van der Waals surface area contributed by atoms with Gasteiger partial charge in [0.2, 0.25) is 0 Å². The zero-order valence-corrected chi connectivity index (χ0v) is 14.2. The van der Waals surface area contributed by atoms with Gasteiger partial charge < -0.3 is 14.8 Å². The molecule has 128 valence electrons. The van der Waals surface area contributed by atoms with Gasteiger partial charge in [-0.2, -0.15) is 0 Å². The highest BCUT2D eigenvalue weighted by Gasteiger charge is 2.01. The zero-order valence-electron chi connectivity index (χ0n) is 14.2. The van der Waals surface area contributed by atoms with E-state index in [1.807, 2.05) is 30.3 Å². The summed E-state index contributed by atoms with van der Waals surface area (Å²) in [7, 11) is 1.68. The van der Waals surface area contributed by atoms with Crippen molar-refractivity contribution < 1.29 is 9.47 Å². The van der Waals surface area contributed by atoms with Gasteiger partial charge in [-0.1, -0.05) is 24.3 Å². The molecule has 1 aromatic heterocycles. The lowest BCUT2D eigenvalue weighted by molar-refractivity contribution is 0.414. The Morgan fingerprint density at radius 2 is 1.68 bits per heavy atom. The van der Waals surface area contributed by atoms with Gasteiger partial charge >= 0.3 is 6.01 Å². The third kappa shape index (κ3) is 5.29. The van der Waals surface area contributed by atoms with E-state index in [0.717, 1.165) is 36.6 Å². The highest BCUT2D eigenvalue weighted by Crippen LogP contribution is 2.18. The summed E-state index contributed by atoms with van der Waals surface area (Å²) in [5.74, 6) is 1.62. The average Bonchev–Trinajstić information content (AvgIpc) is 2.67. The number of aromatic nitrogens is 2. The van der Waals surface area contributed by atoms with Crippen LogP contribution in [0.1, 0.15) is 11.1 Å². The maximum absolute atomic E-state index is 5.65. The van der Waals surface area contributed by atoms with E-state index in [1.54, 1.807) is 25.6 Å². The predicted molar refractivity (Wildman–Crippen MR) is 97.0 cm³/mol. The molecule has 3 aromatic rings. The van der Waals surface area contributed by atoms with Gasteiger partial charge in [0.15, 0.2) is 0 Å². The molecule has 3 rings (SSSR count). The first-order chi connectivity index (χ1) is 12.3. The van der Waals surface area contributed by atoms with E-state index >= 15 is 0 Å². The maximum atomic E-state index is 5.65. The minimum Gasteiger partial charge on any atom is -0.497 e. The van der Waals surface area contributed by atoms with Gasteiger partial charge in [-0.05, 0) is 54.4 Å². The second-order valence-corrected chi connectivity index (χ2v) is 5.56. The Bertz CT molecular complexity index is 776. The normalized spacial score (nSPS) is 10.4. The van der Waals surface area contributed by atoms with Crippen molar-refractivity contribution in [3.63, 3.8) is 0 Å². The summed E-state index contributed by atoms with van der Waals surface area (Å²) in [5.41, 5.74) is 2.44. The molecule has 2 aromatic carbocycles. The molecule has 5 nitrogen and oxygen atoms in total. The lowest BCUT2D eigenvalue weighted by Crippen LogP contribution is -2.16. The summed E-state index contributed by atoms with van der Waals surface area (Å²) in [4.78, 5) is 8.13. The molecule has 5 heteroatoms. The smallest absolute Gasteiger partial charge is 0.321 e. The van der Waals surface area contributed by atoms with E-state index in [0.29, 0.717) is 6.01 Å². The van der Waals surface area contributed by atoms with Gasteiger partial charge in [-0.15, -0.1) is 0 Å². The summed E-state index contributed by atoms with van der Waals surface area (Å²) in [6.45, 7) is 1.68. The van der Waals surface area contributed by atoms with E-state index in [1.165, 1.54) is 5.56 Å². The maximum Gasteiger partial charge on any atom is 0.321 e. The molecule has 0 saturated carbocycles. The summed E-state index contributed by atoms with van der Waals surface area (Å²) < 4.78 is 10.8. The van der Waals surface area contributed by atoms with Gasteiger partial charge in [0, 0.05) is 18.9 Å². The predicted octanol–water partition coefficient (Wildman–Crippen LogP) is 3.61. The van der Waals surface area contributed by atoms with Crippen LogP contribution in [0.3, 0.4) is 0 Å². The minimum atomic E-state index is 0.354. The molecule has 0 atom stereocenters. The quantitative estimate of drug-likeness (QED) is 0.637. The highest BCUT2D eigenvalue weighted by atomic mass is 16.5. The SMILES string of the molecule is COc1ccc(CCNCc2cccc(Oc3ncccn3)c2)cc1. The first-order valence-electron chi connectivity index (χ1n) is 8.21.